The number of benzene rings is 2. The Morgan fingerprint density at radius 3 is 2.13 bits per heavy atom. The van der Waals surface area contributed by atoms with Gasteiger partial charge in [-0.2, -0.15) is 13.2 Å². The Bertz CT molecular complexity index is 940. The van der Waals surface area contributed by atoms with Crippen molar-refractivity contribution in [3.63, 3.8) is 0 Å². The highest BCUT2D eigenvalue weighted by atomic mass is 19.4. The van der Waals surface area contributed by atoms with Crippen LogP contribution in [0.4, 0.5) is 18.0 Å². The van der Waals surface area contributed by atoms with Gasteiger partial charge in [-0.1, -0.05) is 67.9 Å². The molecule has 0 spiro atoms. The van der Waals surface area contributed by atoms with Crippen molar-refractivity contribution in [1.29, 1.82) is 0 Å². The van der Waals surface area contributed by atoms with Crippen LogP contribution in [0.25, 0.3) is 0 Å². The molecule has 160 valence electrons. The second kappa shape index (κ2) is 7.75. The number of hydrogen-bond acceptors (Lipinski definition) is 3. The van der Waals surface area contributed by atoms with E-state index in [0.29, 0.717) is 5.56 Å². The molecular weight excluding hydrogens is 397 g/mol. The Hall–Kier alpha value is -2.87. The zero-order valence-electron chi connectivity index (χ0n) is 16.7. The van der Waals surface area contributed by atoms with Crippen molar-refractivity contribution in [2.75, 3.05) is 0 Å². The number of aryl methyl sites for hydroxylation is 1. The Morgan fingerprint density at radius 2 is 1.63 bits per heavy atom. The maximum absolute atomic E-state index is 13.9. The van der Waals surface area contributed by atoms with Crippen molar-refractivity contribution >= 4 is 11.8 Å². The molecule has 30 heavy (non-hydrogen) atoms. The molecule has 1 aliphatic rings. The molecular formula is C22H23F3N2O3. The topological polar surface area (TPSA) is 78.4 Å². The highest BCUT2D eigenvalue weighted by Crippen LogP contribution is 2.44. The largest absolute Gasteiger partial charge is 0.437 e. The lowest BCUT2D eigenvalue weighted by Crippen LogP contribution is -2.72. The van der Waals surface area contributed by atoms with Crippen molar-refractivity contribution in [2.45, 2.75) is 44.6 Å². The number of carbonyl (C=O) groups excluding carboxylic acids is 2. The molecule has 1 aliphatic heterocycles. The molecule has 5 nitrogen and oxygen atoms in total. The molecule has 0 aliphatic carbocycles. The van der Waals surface area contributed by atoms with Crippen molar-refractivity contribution in [1.82, 2.24) is 10.6 Å². The van der Waals surface area contributed by atoms with E-state index in [1.807, 2.05) is 13.8 Å². The molecule has 0 unspecified atom stereocenters. The maximum Gasteiger partial charge on any atom is 0.437 e. The normalized spacial score (nSPS) is 24.3. The van der Waals surface area contributed by atoms with Crippen molar-refractivity contribution < 1.29 is 27.9 Å². The minimum Gasteiger partial charge on any atom is -0.363 e. The third-order valence-electron chi connectivity index (χ3n) is 5.39. The van der Waals surface area contributed by atoms with Gasteiger partial charge in [0, 0.05) is 5.56 Å². The number of aliphatic hydroxyl groups is 1. The van der Waals surface area contributed by atoms with E-state index in [4.69, 9.17) is 0 Å². The molecule has 3 atom stereocenters. The van der Waals surface area contributed by atoms with Gasteiger partial charge >= 0.3 is 12.2 Å². The van der Waals surface area contributed by atoms with Crippen molar-refractivity contribution in [3.8, 4) is 0 Å². The molecule has 3 N–H and O–H groups in total. The Balaban J connectivity index is 2.13. The fraction of sp³-hybridized carbons (Fsp3) is 0.364. The van der Waals surface area contributed by atoms with Gasteiger partial charge in [-0.05, 0) is 24.0 Å². The van der Waals surface area contributed by atoms with Gasteiger partial charge in [0.25, 0.3) is 0 Å². The number of alkyl halides is 3. The number of urea groups is 1. The van der Waals surface area contributed by atoms with E-state index in [1.165, 1.54) is 17.4 Å². The van der Waals surface area contributed by atoms with Gasteiger partial charge < -0.3 is 15.7 Å². The van der Waals surface area contributed by atoms with Crippen LogP contribution in [0.5, 0.6) is 0 Å². The van der Waals surface area contributed by atoms with Crippen LogP contribution in [0.2, 0.25) is 0 Å². The molecule has 1 fully saturated rings. The molecule has 8 heteroatoms. The highest BCUT2D eigenvalue weighted by molar-refractivity contribution is 6.00. The number of carbonyl (C=O) groups is 2. The number of hydrogen-bond donors (Lipinski definition) is 3. The first kappa shape index (κ1) is 21.8. The number of halogens is 3. The van der Waals surface area contributed by atoms with Gasteiger partial charge in [0.1, 0.15) is 5.92 Å². The van der Waals surface area contributed by atoms with E-state index in [2.05, 4.69) is 5.32 Å². The van der Waals surface area contributed by atoms with Crippen LogP contribution in [-0.4, -0.2) is 28.8 Å². The van der Waals surface area contributed by atoms with E-state index in [0.717, 1.165) is 11.1 Å². The van der Waals surface area contributed by atoms with E-state index < -0.39 is 35.7 Å². The summed E-state index contributed by atoms with van der Waals surface area (Å²) < 4.78 is 41.7. The van der Waals surface area contributed by atoms with E-state index in [1.54, 1.807) is 43.3 Å². The minimum atomic E-state index is -5.27. The molecule has 2 aromatic carbocycles. The third-order valence-corrected chi connectivity index (χ3v) is 5.39. The Kier molecular flexibility index (Phi) is 5.64. The van der Waals surface area contributed by atoms with E-state index >= 15 is 0 Å². The van der Waals surface area contributed by atoms with Crippen LogP contribution < -0.4 is 10.6 Å². The first-order chi connectivity index (χ1) is 13.9. The van der Waals surface area contributed by atoms with Crippen LogP contribution in [0.3, 0.4) is 0 Å². The van der Waals surface area contributed by atoms with Crippen molar-refractivity contribution in [3.05, 3.63) is 70.8 Å². The van der Waals surface area contributed by atoms with Crippen LogP contribution >= 0.6 is 0 Å². The Morgan fingerprint density at radius 1 is 1.07 bits per heavy atom. The summed E-state index contributed by atoms with van der Waals surface area (Å²) >= 11 is 0. The van der Waals surface area contributed by atoms with Crippen molar-refractivity contribution in [2.24, 2.45) is 5.92 Å². The van der Waals surface area contributed by atoms with Crippen LogP contribution in [-0.2, 0) is 0 Å². The van der Waals surface area contributed by atoms with Gasteiger partial charge in [0.05, 0.1) is 6.04 Å². The first-order valence-corrected chi connectivity index (χ1v) is 9.52. The lowest BCUT2D eigenvalue weighted by molar-refractivity contribution is -0.287. The molecule has 2 aromatic rings. The van der Waals surface area contributed by atoms with Gasteiger partial charge in [-0.25, -0.2) is 4.79 Å². The van der Waals surface area contributed by atoms with Crippen LogP contribution in [0.1, 0.15) is 52.9 Å². The summed E-state index contributed by atoms with van der Waals surface area (Å²) in [4.78, 5) is 25.2. The predicted molar refractivity (Wildman–Crippen MR) is 105 cm³/mol. The average Bonchev–Trinajstić information content (AvgIpc) is 2.66. The fourth-order valence-electron chi connectivity index (χ4n) is 3.60. The maximum atomic E-state index is 13.9. The summed E-state index contributed by atoms with van der Waals surface area (Å²) in [7, 11) is 0. The highest BCUT2D eigenvalue weighted by Gasteiger charge is 2.66. The lowest BCUT2D eigenvalue weighted by Gasteiger charge is -2.45. The van der Waals surface area contributed by atoms with Gasteiger partial charge in [-0.15, -0.1) is 0 Å². The van der Waals surface area contributed by atoms with Crippen LogP contribution in [0.15, 0.2) is 48.5 Å². The zero-order chi connectivity index (χ0) is 22.3. The number of rotatable bonds is 4. The molecule has 0 aromatic heterocycles. The number of Topliss-reactive ketones (excluding diaryl/α,β-unsaturated/α-hetero) is 1. The molecule has 1 saturated heterocycles. The summed E-state index contributed by atoms with van der Waals surface area (Å²) in [5.41, 5.74) is -1.64. The third kappa shape index (κ3) is 3.92. The molecule has 3 rings (SSSR count). The molecule has 2 amide bonds. The van der Waals surface area contributed by atoms with Gasteiger partial charge in [0.2, 0.25) is 5.72 Å². The molecule has 1 heterocycles. The SMILES string of the molecule is Cc1ccc(C(=O)[C@@H]2[C@H](c3ccc(C(C)C)cc3)NC(=O)N[C@@]2(O)C(F)(F)F)cc1. The molecule has 0 radical (unpaired) electrons. The second-order valence-electron chi connectivity index (χ2n) is 7.87. The summed E-state index contributed by atoms with van der Waals surface area (Å²) in [6.45, 7) is 5.71. The quantitative estimate of drug-likeness (QED) is 0.648. The molecule has 0 bridgehead atoms. The number of nitrogens with one attached hydrogen (secondary N) is 2. The minimum absolute atomic E-state index is 0.00928. The van der Waals surface area contributed by atoms with E-state index in [9.17, 15) is 27.9 Å². The summed E-state index contributed by atoms with van der Waals surface area (Å²) in [6, 6.07) is 10.0. The number of amides is 2. The lowest BCUT2D eigenvalue weighted by atomic mass is 9.77. The van der Waals surface area contributed by atoms with Gasteiger partial charge in [0.15, 0.2) is 5.78 Å². The summed E-state index contributed by atoms with van der Waals surface area (Å²) in [5.74, 6) is -2.76. The molecule has 0 saturated carbocycles. The monoisotopic (exact) mass is 420 g/mol. The zero-order valence-corrected chi connectivity index (χ0v) is 16.7. The standard InChI is InChI=1S/C22H23F3N2O3/c1-12(2)14-8-10-15(11-9-14)18-17(19(28)16-6-4-13(3)5-7-16)21(30,22(23,24)25)27-20(29)26-18/h4-12,17-18,30H,1-3H3,(H2,26,27,29)/t17-,18-,21-/m0/s1. The smallest absolute Gasteiger partial charge is 0.363 e. The van der Waals surface area contributed by atoms with E-state index in [-0.39, 0.29) is 11.5 Å². The van der Waals surface area contributed by atoms with Gasteiger partial charge in [-0.3, -0.25) is 4.79 Å². The first-order valence-electron chi connectivity index (χ1n) is 9.52. The summed E-state index contributed by atoms with van der Waals surface area (Å²) in [6.07, 6.45) is -5.27. The Labute approximate surface area is 172 Å². The number of ketones is 1. The van der Waals surface area contributed by atoms with Crippen LogP contribution in [0, 0.1) is 12.8 Å². The predicted octanol–water partition coefficient (Wildman–Crippen LogP) is 4.22. The second-order valence-corrected chi connectivity index (χ2v) is 7.87. The summed E-state index contributed by atoms with van der Waals surface area (Å²) in [5, 5.41) is 14.5. The fourth-order valence-corrected chi connectivity index (χ4v) is 3.60. The average molecular weight is 420 g/mol.